The van der Waals surface area contributed by atoms with Crippen LogP contribution in [0.5, 0.6) is 0 Å². The van der Waals surface area contributed by atoms with Crippen molar-refractivity contribution in [3.8, 4) is 5.69 Å². The minimum Gasteiger partial charge on any atom is -0.310 e. The van der Waals surface area contributed by atoms with Gasteiger partial charge in [0.05, 0.1) is 11.4 Å². The Morgan fingerprint density at radius 2 is 2.13 bits per heavy atom. The molecule has 122 valence electrons. The zero-order valence-corrected chi connectivity index (χ0v) is 15.0. The lowest BCUT2D eigenvalue weighted by Gasteiger charge is -2.14. The van der Waals surface area contributed by atoms with Crippen LogP contribution >= 0.6 is 11.8 Å². The highest BCUT2D eigenvalue weighted by molar-refractivity contribution is 7.98. The monoisotopic (exact) mass is 329 g/mol. The maximum Gasteiger partial charge on any atom is 0.225 e. The van der Waals surface area contributed by atoms with Gasteiger partial charge in [0.1, 0.15) is 5.82 Å². The second-order valence-electron chi connectivity index (χ2n) is 6.61. The number of nitrogens with one attached hydrogen (secondary N) is 1. The third-order valence-electron chi connectivity index (χ3n) is 3.98. The molecule has 0 saturated carbocycles. The van der Waals surface area contributed by atoms with Crippen molar-refractivity contribution in [2.24, 2.45) is 5.92 Å². The Bertz CT molecular complexity index is 749. The first-order valence-corrected chi connectivity index (χ1v) is 9.17. The van der Waals surface area contributed by atoms with Gasteiger partial charge in [0.15, 0.2) is 0 Å². The molecule has 1 aliphatic rings. The summed E-state index contributed by atoms with van der Waals surface area (Å²) in [5, 5.41) is 7.88. The van der Waals surface area contributed by atoms with Gasteiger partial charge in [-0.05, 0) is 31.4 Å². The number of aromatic nitrogens is 2. The number of carbonyl (C=O) groups is 1. The van der Waals surface area contributed by atoms with Crippen LogP contribution in [-0.4, -0.2) is 15.7 Å². The molecule has 1 aromatic carbocycles. The molecule has 2 heterocycles. The smallest absolute Gasteiger partial charge is 0.225 e. The fourth-order valence-corrected chi connectivity index (χ4v) is 3.95. The molecular weight excluding hydrogens is 306 g/mol. The van der Waals surface area contributed by atoms with Crippen molar-refractivity contribution in [1.29, 1.82) is 0 Å². The normalized spacial score (nSPS) is 13.4. The van der Waals surface area contributed by atoms with Gasteiger partial charge in [0, 0.05) is 23.5 Å². The number of fused-ring (bicyclic) bond motifs is 1. The Morgan fingerprint density at radius 3 is 2.83 bits per heavy atom. The lowest BCUT2D eigenvalue weighted by Crippen LogP contribution is -2.18. The molecule has 0 unspecified atom stereocenters. The number of carbonyl (C=O) groups excluding carboxylic acids is 1. The fraction of sp³-hybridized carbons (Fsp3) is 0.444. The number of nitrogens with zero attached hydrogens (tertiary/aromatic N) is 2. The molecule has 5 heteroatoms. The fourth-order valence-electron chi connectivity index (χ4n) is 2.91. The Balaban J connectivity index is 2.02. The highest BCUT2D eigenvalue weighted by Crippen LogP contribution is 2.36. The molecule has 1 aliphatic heterocycles. The van der Waals surface area contributed by atoms with E-state index in [4.69, 9.17) is 5.10 Å². The number of amides is 1. The summed E-state index contributed by atoms with van der Waals surface area (Å²) in [5.41, 5.74) is 5.70. The van der Waals surface area contributed by atoms with E-state index in [9.17, 15) is 4.79 Å². The summed E-state index contributed by atoms with van der Waals surface area (Å²) in [6.07, 6.45) is 0.528. The molecule has 3 rings (SSSR count). The second kappa shape index (κ2) is 6.40. The van der Waals surface area contributed by atoms with E-state index in [1.807, 2.05) is 16.4 Å². The predicted molar refractivity (Wildman–Crippen MR) is 96.1 cm³/mol. The Hall–Kier alpha value is -1.75. The van der Waals surface area contributed by atoms with E-state index in [-0.39, 0.29) is 5.91 Å². The van der Waals surface area contributed by atoms with E-state index >= 15 is 0 Å². The van der Waals surface area contributed by atoms with Gasteiger partial charge in [0.2, 0.25) is 5.91 Å². The third-order valence-corrected chi connectivity index (χ3v) is 4.95. The molecule has 0 atom stereocenters. The topological polar surface area (TPSA) is 46.9 Å². The Labute approximate surface area is 141 Å². The van der Waals surface area contributed by atoms with Crippen LogP contribution in [0.2, 0.25) is 0 Å². The summed E-state index contributed by atoms with van der Waals surface area (Å²) < 4.78 is 1.91. The molecule has 4 nitrogen and oxygen atoms in total. The van der Waals surface area contributed by atoms with Crippen LogP contribution in [0.3, 0.4) is 0 Å². The first kappa shape index (κ1) is 16.1. The summed E-state index contributed by atoms with van der Waals surface area (Å²) >= 11 is 1.85. The van der Waals surface area contributed by atoms with Gasteiger partial charge < -0.3 is 5.32 Å². The SMILES string of the molecule is Cc1ccc(-n2nc3c(c2NC(=O)CC(C)C)CSC3)c(C)c1. The van der Waals surface area contributed by atoms with Crippen molar-refractivity contribution >= 4 is 23.5 Å². The molecule has 0 aliphatic carbocycles. The summed E-state index contributed by atoms with van der Waals surface area (Å²) in [6.45, 7) is 8.29. The van der Waals surface area contributed by atoms with Gasteiger partial charge in [-0.25, -0.2) is 4.68 Å². The van der Waals surface area contributed by atoms with E-state index < -0.39 is 0 Å². The van der Waals surface area contributed by atoms with E-state index in [2.05, 4.69) is 51.2 Å². The predicted octanol–water partition coefficient (Wildman–Crippen LogP) is 4.22. The lowest BCUT2D eigenvalue weighted by atomic mass is 10.1. The number of aryl methyl sites for hydroxylation is 2. The van der Waals surface area contributed by atoms with Gasteiger partial charge in [-0.1, -0.05) is 31.5 Å². The number of rotatable bonds is 4. The van der Waals surface area contributed by atoms with Crippen molar-refractivity contribution in [2.45, 2.75) is 45.6 Å². The van der Waals surface area contributed by atoms with Crippen molar-refractivity contribution in [1.82, 2.24) is 9.78 Å². The van der Waals surface area contributed by atoms with Gasteiger partial charge in [-0.3, -0.25) is 4.79 Å². The van der Waals surface area contributed by atoms with E-state index in [1.54, 1.807) is 0 Å². The zero-order valence-electron chi connectivity index (χ0n) is 14.1. The quantitative estimate of drug-likeness (QED) is 0.913. The minimum atomic E-state index is 0.0608. The Kier molecular flexibility index (Phi) is 4.48. The average molecular weight is 329 g/mol. The molecule has 1 aromatic heterocycles. The van der Waals surface area contributed by atoms with Crippen LogP contribution in [0.15, 0.2) is 18.2 Å². The van der Waals surface area contributed by atoms with Crippen LogP contribution < -0.4 is 5.32 Å². The van der Waals surface area contributed by atoms with Crippen molar-refractivity contribution in [3.63, 3.8) is 0 Å². The van der Waals surface area contributed by atoms with Gasteiger partial charge >= 0.3 is 0 Å². The molecule has 0 saturated heterocycles. The molecule has 0 radical (unpaired) electrons. The first-order valence-electron chi connectivity index (χ1n) is 8.01. The van der Waals surface area contributed by atoms with Gasteiger partial charge in [-0.15, -0.1) is 0 Å². The standard InChI is InChI=1S/C18H23N3OS/c1-11(2)7-17(22)19-18-14-9-23-10-15(14)20-21(18)16-6-5-12(3)8-13(16)4/h5-6,8,11H,7,9-10H2,1-4H3,(H,19,22). The average Bonchev–Trinajstić information content (AvgIpc) is 3.01. The molecule has 1 N–H and O–H groups in total. The van der Waals surface area contributed by atoms with Crippen molar-refractivity contribution < 1.29 is 4.79 Å². The number of hydrogen-bond acceptors (Lipinski definition) is 3. The molecule has 2 aromatic rings. The van der Waals surface area contributed by atoms with Gasteiger partial charge in [0.25, 0.3) is 0 Å². The van der Waals surface area contributed by atoms with E-state index in [0.29, 0.717) is 12.3 Å². The molecule has 23 heavy (non-hydrogen) atoms. The summed E-state index contributed by atoms with van der Waals surface area (Å²) in [4.78, 5) is 12.3. The maximum atomic E-state index is 12.3. The number of hydrogen-bond donors (Lipinski definition) is 1. The molecule has 0 fully saturated rings. The zero-order chi connectivity index (χ0) is 16.6. The highest BCUT2D eigenvalue weighted by Gasteiger charge is 2.25. The summed E-state index contributed by atoms with van der Waals surface area (Å²) in [5.74, 6) is 3.08. The van der Waals surface area contributed by atoms with Crippen LogP contribution in [0.25, 0.3) is 5.69 Å². The van der Waals surface area contributed by atoms with Crippen molar-refractivity contribution in [3.05, 3.63) is 40.6 Å². The van der Waals surface area contributed by atoms with E-state index in [0.717, 1.165) is 34.3 Å². The largest absolute Gasteiger partial charge is 0.310 e. The third kappa shape index (κ3) is 3.29. The first-order chi connectivity index (χ1) is 11.0. The molecule has 0 bridgehead atoms. The molecular formula is C18H23N3OS. The Morgan fingerprint density at radius 1 is 1.35 bits per heavy atom. The maximum absolute atomic E-state index is 12.3. The number of benzene rings is 1. The van der Waals surface area contributed by atoms with Crippen LogP contribution in [0.4, 0.5) is 5.82 Å². The molecule has 0 spiro atoms. The minimum absolute atomic E-state index is 0.0608. The summed E-state index contributed by atoms with van der Waals surface area (Å²) in [6, 6.07) is 6.32. The lowest BCUT2D eigenvalue weighted by molar-refractivity contribution is -0.116. The molecule has 1 amide bonds. The second-order valence-corrected chi connectivity index (χ2v) is 7.60. The van der Waals surface area contributed by atoms with E-state index in [1.165, 1.54) is 11.1 Å². The van der Waals surface area contributed by atoms with Crippen molar-refractivity contribution in [2.75, 3.05) is 5.32 Å². The summed E-state index contributed by atoms with van der Waals surface area (Å²) in [7, 11) is 0. The highest BCUT2D eigenvalue weighted by atomic mass is 32.2. The van der Waals surface area contributed by atoms with Crippen LogP contribution in [0.1, 0.15) is 42.7 Å². The number of thioether (sulfide) groups is 1. The van der Waals surface area contributed by atoms with Gasteiger partial charge in [-0.2, -0.15) is 16.9 Å². The van der Waals surface area contributed by atoms with Crippen LogP contribution in [0, 0.1) is 19.8 Å². The number of anilines is 1. The van der Waals surface area contributed by atoms with Crippen LogP contribution in [-0.2, 0) is 16.3 Å².